The van der Waals surface area contributed by atoms with Gasteiger partial charge in [0.05, 0.1) is 6.54 Å². The van der Waals surface area contributed by atoms with Crippen molar-refractivity contribution in [2.45, 2.75) is 13.1 Å². The smallest absolute Gasteiger partial charge is 0.294 e. The van der Waals surface area contributed by atoms with Crippen LogP contribution in [0.15, 0.2) is 56.1 Å². The molecule has 132 valence electrons. The number of rotatable bonds is 4. The van der Waals surface area contributed by atoms with E-state index in [2.05, 4.69) is 25.9 Å². The molecule has 0 bridgehead atoms. The second kappa shape index (κ2) is 6.66. The quantitative estimate of drug-likeness (QED) is 0.542. The molecule has 1 N–H and O–H groups in total. The molecule has 0 aliphatic carbocycles. The molecule has 0 aliphatic heterocycles. The highest BCUT2D eigenvalue weighted by Crippen LogP contribution is 2.24. The molecule has 0 atom stereocenters. The summed E-state index contributed by atoms with van der Waals surface area (Å²) in [5, 5.41) is 0.801. The van der Waals surface area contributed by atoms with Crippen LogP contribution < -0.4 is 5.56 Å². The Labute approximate surface area is 156 Å². The van der Waals surface area contributed by atoms with Crippen LogP contribution in [0, 0.1) is 5.82 Å². The van der Waals surface area contributed by atoms with Crippen LogP contribution in [-0.4, -0.2) is 21.9 Å². The van der Waals surface area contributed by atoms with Crippen molar-refractivity contribution in [3.8, 4) is 0 Å². The van der Waals surface area contributed by atoms with E-state index >= 15 is 0 Å². The molecule has 5 nitrogen and oxygen atoms in total. The monoisotopic (exact) mass is 415 g/mol. The fourth-order valence-electron chi connectivity index (χ4n) is 2.99. The fourth-order valence-corrected chi connectivity index (χ4v) is 3.40. The van der Waals surface area contributed by atoms with Gasteiger partial charge in [0.15, 0.2) is 0 Å². The predicted molar refractivity (Wildman–Crippen MR) is 101 cm³/mol. The van der Waals surface area contributed by atoms with E-state index in [1.807, 2.05) is 30.1 Å². The van der Waals surface area contributed by atoms with Gasteiger partial charge in [0.1, 0.15) is 22.7 Å². The normalized spacial score (nSPS) is 11.7. The number of furan rings is 1. The van der Waals surface area contributed by atoms with E-state index in [1.165, 1.54) is 6.07 Å². The van der Waals surface area contributed by atoms with Crippen LogP contribution in [-0.2, 0) is 13.1 Å². The molecule has 4 aromatic rings. The molecular formula is C19H15BrFN3O2. The summed E-state index contributed by atoms with van der Waals surface area (Å²) >= 11 is 3.35. The lowest BCUT2D eigenvalue weighted by Gasteiger charge is -2.16. The Hall–Kier alpha value is -2.51. The average Bonchev–Trinajstić information content (AvgIpc) is 2.98. The Kier molecular flexibility index (Phi) is 4.34. The minimum absolute atomic E-state index is 0.218. The zero-order valence-corrected chi connectivity index (χ0v) is 15.5. The van der Waals surface area contributed by atoms with Crippen LogP contribution in [0.4, 0.5) is 4.39 Å². The van der Waals surface area contributed by atoms with Gasteiger partial charge in [-0.25, -0.2) is 9.37 Å². The van der Waals surface area contributed by atoms with E-state index in [4.69, 9.17) is 4.42 Å². The number of aromatic nitrogens is 2. The number of hydrogen-bond acceptors (Lipinski definition) is 4. The van der Waals surface area contributed by atoms with Crippen molar-refractivity contribution in [1.82, 2.24) is 14.9 Å². The van der Waals surface area contributed by atoms with Gasteiger partial charge in [0, 0.05) is 22.0 Å². The molecule has 0 saturated carbocycles. The Morgan fingerprint density at radius 1 is 1.23 bits per heavy atom. The largest absolute Gasteiger partial charge is 0.449 e. The number of hydrogen-bond donors (Lipinski definition) is 1. The highest BCUT2D eigenvalue weighted by molar-refractivity contribution is 9.10. The number of benzene rings is 2. The second-order valence-electron chi connectivity index (χ2n) is 6.20. The van der Waals surface area contributed by atoms with Crippen LogP contribution in [0.25, 0.3) is 22.1 Å². The Morgan fingerprint density at radius 2 is 2.04 bits per heavy atom. The van der Waals surface area contributed by atoms with Crippen LogP contribution >= 0.6 is 15.9 Å². The van der Waals surface area contributed by atoms with Crippen molar-refractivity contribution in [2.75, 3.05) is 7.05 Å². The predicted octanol–water partition coefficient (Wildman–Crippen LogP) is 4.20. The number of nitrogens with one attached hydrogen (secondary N) is 1. The third-order valence-electron chi connectivity index (χ3n) is 4.15. The molecule has 0 unspecified atom stereocenters. The van der Waals surface area contributed by atoms with Gasteiger partial charge < -0.3 is 9.40 Å². The lowest BCUT2D eigenvalue weighted by molar-refractivity contribution is 0.305. The van der Waals surface area contributed by atoms with E-state index in [0.717, 1.165) is 9.86 Å². The van der Waals surface area contributed by atoms with Crippen LogP contribution in [0.1, 0.15) is 11.4 Å². The maximum atomic E-state index is 13.9. The van der Waals surface area contributed by atoms with E-state index in [1.54, 1.807) is 18.2 Å². The minimum atomic E-state index is -0.316. The molecular weight excluding hydrogens is 401 g/mol. The summed E-state index contributed by atoms with van der Waals surface area (Å²) in [6, 6.07) is 12.2. The standard InChI is InChI=1S/C19H15BrFN3O2/c1-24(9-11-8-12(20)6-7-14(11)21)10-16-22-17-13-4-2-3-5-15(13)26-18(17)19(25)23-16/h2-8H,9-10H2,1H3,(H,22,23,25). The molecule has 2 aromatic carbocycles. The Morgan fingerprint density at radius 3 is 2.88 bits per heavy atom. The van der Waals surface area contributed by atoms with E-state index in [-0.39, 0.29) is 17.0 Å². The molecule has 4 rings (SSSR count). The molecule has 0 radical (unpaired) electrons. The van der Waals surface area contributed by atoms with Crippen LogP contribution in [0.5, 0.6) is 0 Å². The third kappa shape index (κ3) is 3.15. The number of nitrogens with zero attached hydrogens (tertiary/aromatic N) is 2. The van der Waals surface area contributed by atoms with Crippen LogP contribution in [0.3, 0.4) is 0 Å². The maximum Gasteiger partial charge on any atom is 0.294 e. The van der Waals surface area contributed by atoms with Crippen molar-refractivity contribution in [3.63, 3.8) is 0 Å². The summed E-state index contributed by atoms with van der Waals surface area (Å²) in [6.45, 7) is 0.760. The molecule has 26 heavy (non-hydrogen) atoms. The number of para-hydroxylation sites is 1. The first kappa shape index (κ1) is 16.9. The van der Waals surface area contributed by atoms with Crippen molar-refractivity contribution in [2.24, 2.45) is 0 Å². The highest BCUT2D eigenvalue weighted by atomic mass is 79.9. The van der Waals surface area contributed by atoms with Gasteiger partial charge in [-0.2, -0.15) is 0 Å². The van der Waals surface area contributed by atoms with Crippen LogP contribution in [0.2, 0.25) is 0 Å². The SMILES string of the molecule is CN(Cc1nc2c(oc3ccccc32)c(=O)[nH]1)Cc1cc(Br)ccc1F. The van der Waals surface area contributed by atoms with E-state index in [9.17, 15) is 9.18 Å². The molecule has 0 fully saturated rings. The van der Waals surface area contributed by atoms with Crippen molar-refractivity contribution >= 4 is 38.0 Å². The molecule has 2 aromatic heterocycles. The van der Waals surface area contributed by atoms with Crippen molar-refractivity contribution in [3.05, 3.63) is 74.5 Å². The summed E-state index contributed by atoms with van der Waals surface area (Å²) in [4.78, 5) is 21.5. The molecule has 7 heteroatoms. The Bertz CT molecular complexity index is 1170. The topological polar surface area (TPSA) is 62.1 Å². The van der Waals surface area contributed by atoms with Gasteiger partial charge in [-0.15, -0.1) is 0 Å². The number of fused-ring (bicyclic) bond motifs is 3. The van der Waals surface area contributed by atoms with Crippen molar-refractivity contribution < 1.29 is 8.81 Å². The first-order valence-corrected chi connectivity index (χ1v) is 8.83. The first-order chi connectivity index (χ1) is 12.5. The van der Waals surface area contributed by atoms with E-state index < -0.39 is 0 Å². The summed E-state index contributed by atoms with van der Waals surface area (Å²) in [6.07, 6.45) is 0. The second-order valence-corrected chi connectivity index (χ2v) is 7.11. The summed E-state index contributed by atoms with van der Waals surface area (Å²) in [7, 11) is 1.85. The molecule has 0 saturated heterocycles. The number of aromatic amines is 1. The van der Waals surface area contributed by atoms with Gasteiger partial charge >= 0.3 is 0 Å². The highest BCUT2D eigenvalue weighted by Gasteiger charge is 2.14. The summed E-state index contributed by atoms with van der Waals surface area (Å²) < 4.78 is 20.4. The minimum Gasteiger partial charge on any atom is -0.449 e. The lowest BCUT2D eigenvalue weighted by Crippen LogP contribution is -2.22. The van der Waals surface area contributed by atoms with Crippen molar-refractivity contribution in [1.29, 1.82) is 0 Å². The number of H-pyrrole nitrogens is 1. The summed E-state index contributed by atoms with van der Waals surface area (Å²) in [5.74, 6) is 0.241. The lowest BCUT2D eigenvalue weighted by atomic mass is 10.2. The molecule has 0 spiro atoms. The van der Waals surface area contributed by atoms with Gasteiger partial charge in [-0.05, 0) is 37.4 Å². The van der Waals surface area contributed by atoms with Gasteiger partial charge in [0.25, 0.3) is 5.56 Å². The van der Waals surface area contributed by atoms with Gasteiger partial charge in [-0.1, -0.05) is 28.1 Å². The fraction of sp³-hybridized carbons (Fsp3) is 0.158. The molecule has 0 amide bonds. The Balaban J connectivity index is 1.65. The molecule has 2 heterocycles. The zero-order valence-electron chi connectivity index (χ0n) is 13.9. The third-order valence-corrected chi connectivity index (χ3v) is 4.64. The summed E-state index contributed by atoms with van der Waals surface area (Å²) in [5.41, 5.74) is 1.64. The molecule has 0 aliphatic rings. The number of halogens is 2. The zero-order chi connectivity index (χ0) is 18.3. The van der Waals surface area contributed by atoms with Gasteiger partial charge in [0.2, 0.25) is 5.58 Å². The van der Waals surface area contributed by atoms with E-state index in [0.29, 0.717) is 35.6 Å². The first-order valence-electron chi connectivity index (χ1n) is 8.04. The average molecular weight is 416 g/mol. The van der Waals surface area contributed by atoms with Gasteiger partial charge in [-0.3, -0.25) is 9.69 Å². The maximum absolute atomic E-state index is 13.9.